The zero-order valence-corrected chi connectivity index (χ0v) is 14.5. The van der Waals surface area contributed by atoms with E-state index in [1.54, 1.807) is 24.3 Å². The molecule has 1 unspecified atom stereocenters. The smallest absolute Gasteiger partial charge is 0.302 e. The first-order valence-corrected chi connectivity index (χ1v) is 9.14. The Morgan fingerprint density at radius 1 is 1.08 bits per heavy atom. The lowest BCUT2D eigenvalue weighted by Gasteiger charge is -2.19. The van der Waals surface area contributed by atoms with Gasteiger partial charge in [0.1, 0.15) is 0 Å². The molecule has 0 saturated carbocycles. The third kappa shape index (κ3) is 5.18. The highest BCUT2D eigenvalue weighted by molar-refractivity contribution is 7.89. The van der Waals surface area contributed by atoms with Gasteiger partial charge in [0.2, 0.25) is 10.0 Å². The molecular formula is C18H21NO4S. The van der Waals surface area contributed by atoms with Crippen molar-refractivity contribution in [3.8, 4) is 0 Å². The third-order valence-corrected chi connectivity index (χ3v) is 5.03. The Kier molecular flexibility index (Phi) is 6.11. The van der Waals surface area contributed by atoms with E-state index >= 15 is 0 Å². The van der Waals surface area contributed by atoms with Crippen LogP contribution in [0, 0.1) is 6.92 Å². The van der Waals surface area contributed by atoms with Crippen LogP contribution in [0.25, 0.3) is 0 Å². The van der Waals surface area contributed by atoms with E-state index in [-0.39, 0.29) is 17.5 Å². The molecule has 0 saturated heterocycles. The van der Waals surface area contributed by atoms with Gasteiger partial charge < -0.3 is 4.74 Å². The lowest BCUT2D eigenvalue weighted by Crippen LogP contribution is -2.29. The summed E-state index contributed by atoms with van der Waals surface area (Å²) in [5.41, 5.74) is 1.81. The van der Waals surface area contributed by atoms with Crippen LogP contribution in [0.15, 0.2) is 59.5 Å². The van der Waals surface area contributed by atoms with Crippen LogP contribution in [0.3, 0.4) is 0 Å². The lowest BCUT2D eigenvalue weighted by atomic mass is 10.1. The van der Waals surface area contributed by atoms with Crippen molar-refractivity contribution in [3.05, 3.63) is 65.7 Å². The van der Waals surface area contributed by atoms with Gasteiger partial charge >= 0.3 is 5.97 Å². The summed E-state index contributed by atoms with van der Waals surface area (Å²) in [6, 6.07) is 15.4. The van der Waals surface area contributed by atoms with Crippen LogP contribution in [-0.2, 0) is 19.6 Å². The maximum Gasteiger partial charge on any atom is 0.302 e. The van der Waals surface area contributed by atoms with Gasteiger partial charge in [0, 0.05) is 13.3 Å². The average Bonchev–Trinajstić information content (AvgIpc) is 2.55. The van der Waals surface area contributed by atoms with E-state index in [0.29, 0.717) is 6.42 Å². The summed E-state index contributed by atoms with van der Waals surface area (Å²) in [5, 5.41) is 0. The maximum atomic E-state index is 12.6. The van der Waals surface area contributed by atoms with Gasteiger partial charge in [-0.05, 0) is 24.6 Å². The van der Waals surface area contributed by atoms with Crippen molar-refractivity contribution < 1.29 is 17.9 Å². The van der Waals surface area contributed by atoms with Crippen LogP contribution >= 0.6 is 0 Å². The quantitative estimate of drug-likeness (QED) is 0.782. The minimum Gasteiger partial charge on any atom is -0.466 e. The highest BCUT2D eigenvalue weighted by atomic mass is 32.2. The Labute approximate surface area is 142 Å². The molecule has 0 aromatic heterocycles. The molecule has 0 heterocycles. The topological polar surface area (TPSA) is 72.5 Å². The molecule has 0 radical (unpaired) electrons. The first-order valence-electron chi connectivity index (χ1n) is 7.66. The number of carbonyl (C=O) groups is 1. The van der Waals surface area contributed by atoms with Gasteiger partial charge in [0.15, 0.2) is 0 Å². The molecule has 0 bridgehead atoms. The molecule has 1 atom stereocenters. The molecule has 6 heteroatoms. The summed E-state index contributed by atoms with van der Waals surface area (Å²) in [4.78, 5) is 11.1. The molecule has 0 fully saturated rings. The Bertz CT molecular complexity index is 770. The second kappa shape index (κ2) is 8.08. The molecule has 2 aromatic rings. The summed E-state index contributed by atoms with van der Waals surface area (Å²) >= 11 is 0. The second-order valence-electron chi connectivity index (χ2n) is 5.53. The Morgan fingerprint density at radius 3 is 2.29 bits per heavy atom. The molecular weight excluding hydrogens is 326 g/mol. The maximum absolute atomic E-state index is 12.6. The second-order valence-corrected chi connectivity index (χ2v) is 7.24. The number of benzene rings is 2. The van der Waals surface area contributed by atoms with E-state index in [2.05, 4.69) is 4.72 Å². The summed E-state index contributed by atoms with van der Waals surface area (Å²) < 4.78 is 32.9. The average molecular weight is 347 g/mol. The fourth-order valence-electron chi connectivity index (χ4n) is 2.27. The summed E-state index contributed by atoms with van der Waals surface area (Å²) in [6.07, 6.45) is 0.356. The van der Waals surface area contributed by atoms with Crippen LogP contribution in [0.4, 0.5) is 0 Å². The molecule has 128 valence electrons. The molecule has 24 heavy (non-hydrogen) atoms. The number of ether oxygens (including phenoxy) is 1. The number of sulfonamides is 1. The van der Waals surface area contributed by atoms with Crippen molar-refractivity contribution >= 4 is 16.0 Å². The van der Waals surface area contributed by atoms with Crippen molar-refractivity contribution in [1.82, 2.24) is 4.72 Å². The molecule has 5 nitrogen and oxygen atoms in total. The SMILES string of the molecule is CC(=O)OCCC(NS(=O)(=O)c1ccc(C)cc1)c1ccccc1. The summed E-state index contributed by atoms with van der Waals surface area (Å²) in [5.74, 6) is -0.386. The molecule has 0 spiro atoms. The molecule has 2 aromatic carbocycles. The number of carbonyl (C=O) groups excluding carboxylic acids is 1. The van der Waals surface area contributed by atoms with Gasteiger partial charge in [-0.2, -0.15) is 0 Å². The minimum absolute atomic E-state index is 0.144. The van der Waals surface area contributed by atoms with Crippen molar-refractivity contribution in [1.29, 1.82) is 0 Å². The largest absolute Gasteiger partial charge is 0.466 e. The van der Waals surface area contributed by atoms with E-state index in [1.807, 2.05) is 37.3 Å². The summed E-state index contributed by atoms with van der Waals surface area (Å²) in [6.45, 7) is 3.37. The predicted molar refractivity (Wildman–Crippen MR) is 91.9 cm³/mol. The Hall–Kier alpha value is -2.18. The minimum atomic E-state index is -3.67. The van der Waals surface area contributed by atoms with E-state index < -0.39 is 16.1 Å². The van der Waals surface area contributed by atoms with Crippen molar-refractivity contribution in [2.75, 3.05) is 6.61 Å². The van der Waals surface area contributed by atoms with Crippen molar-refractivity contribution in [2.24, 2.45) is 0 Å². The normalized spacial score (nSPS) is 12.6. The van der Waals surface area contributed by atoms with Gasteiger partial charge in [-0.1, -0.05) is 48.0 Å². The van der Waals surface area contributed by atoms with Crippen molar-refractivity contribution in [3.63, 3.8) is 0 Å². The first kappa shape index (κ1) is 18.2. The first-order chi connectivity index (χ1) is 11.4. The van der Waals surface area contributed by atoms with Gasteiger partial charge in [0.05, 0.1) is 17.5 Å². The van der Waals surface area contributed by atoms with Crippen molar-refractivity contribution in [2.45, 2.75) is 31.2 Å². The van der Waals surface area contributed by atoms with Crippen LogP contribution in [0.1, 0.15) is 30.5 Å². The highest BCUT2D eigenvalue weighted by Crippen LogP contribution is 2.20. The monoisotopic (exact) mass is 347 g/mol. The number of hydrogen-bond donors (Lipinski definition) is 1. The molecule has 0 amide bonds. The van der Waals surface area contributed by atoms with E-state index in [1.165, 1.54) is 6.92 Å². The summed E-state index contributed by atoms with van der Waals surface area (Å²) in [7, 11) is -3.67. The lowest BCUT2D eigenvalue weighted by molar-refractivity contribution is -0.141. The van der Waals surface area contributed by atoms with E-state index in [9.17, 15) is 13.2 Å². The Morgan fingerprint density at radius 2 is 1.71 bits per heavy atom. The molecule has 0 aliphatic carbocycles. The third-order valence-electron chi connectivity index (χ3n) is 3.54. The molecule has 0 aliphatic heterocycles. The predicted octanol–water partition coefficient (Wildman–Crippen LogP) is 2.97. The van der Waals surface area contributed by atoms with Gasteiger partial charge in [-0.25, -0.2) is 13.1 Å². The standard InChI is InChI=1S/C18H21NO4S/c1-14-8-10-17(11-9-14)24(21,22)19-18(12-13-23-15(2)20)16-6-4-3-5-7-16/h3-11,18-19H,12-13H2,1-2H3. The number of esters is 1. The molecule has 2 rings (SSSR count). The van der Waals surface area contributed by atoms with Crippen LogP contribution in [0.2, 0.25) is 0 Å². The van der Waals surface area contributed by atoms with E-state index in [4.69, 9.17) is 4.74 Å². The zero-order valence-electron chi connectivity index (χ0n) is 13.7. The molecule has 1 N–H and O–H groups in total. The number of rotatable bonds is 7. The van der Waals surface area contributed by atoms with Crippen LogP contribution in [-0.4, -0.2) is 21.0 Å². The highest BCUT2D eigenvalue weighted by Gasteiger charge is 2.21. The van der Waals surface area contributed by atoms with E-state index in [0.717, 1.165) is 11.1 Å². The molecule has 0 aliphatic rings. The fraction of sp³-hybridized carbons (Fsp3) is 0.278. The van der Waals surface area contributed by atoms with Crippen LogP contribution in [0.5, 0.6) is 0 Å². The number of aryl methyl sites for hydroxylation is 1. The van der Waals surface area contributed by atoms with Gasteiger partial charge in [-0.15, -0.1) is 0 Å². The zero-order chi connectivity index (χ0) is 17.6. The Balaban J connectivity index is 2.20. The number of hydrogen-bond acceptors (Lipinski definition) is 4. The van der Waals surface area contributed by atoms with Crippen LogP contribution < -0.4 is 4.72 Å². The fourth-order valence-corrected chi connectivity index (χ4v) is 3.53. The number of nitrogens with one attached hydrogen (secondary N) is 1. The van der Waals surface area contributed by atoms with Gasteiger partial charge in [-0.3, -0.25) is 4.79 Å². The van der Waals surface area contributed by atoms with Gasteiger partial charge in [0.25, 0.3) is 0 Å².